The largest absolute Gasteiger partial charge is 0.319 e. The summed E-state index contributed by atoms with van der Waals surface area (Å²) in [4.78, 5) is 0. The van der Waals surface area contributed by atoms with E-state index in [4.69, 9.17) is 17.3 Å². The number of rotatable bonds is 1. The van der Waals surface area contributed by atoms with Crippen LogP contribution in [-0.2, 0) is 5.54 Å². The zero-order valence-corrected chi connectivity index (χ0v) is 9.88. The quantitative estimate of drug-likeness (QED) is 0.805. The van der Waals surface area contributed by atoms with E-state index in [1.807, 2.05) is 24.3 Å². The highest BCUT2D eigenvalue weighted by Gasteiger charge is 2.33. The van der Waals surface area contributed by atoms with Crippen LogP contribution in [0.5, 0.6) is 0 Å². The van der Waals surface area contributed by atoms with Crippen molar-refractivity contribution < 1.29 is 0 Å². The summed E-state index contributed by atoms with van der Waals surface area (Å²) in [5.41, 5.74) is 7.00. The van der Waals surface area contributed by atoms with Crippen molar-refractivity contribution in [3.8, 4) is 0 Å². The number of nitrogens with two attached hydrogens (primary N) is 1. The predicted molar refractivity (Wildman–Crippen MR) is 64.7 cm³/mol. The van der Waals surface area contributed by atoms with Gasteiger partial charge in [0, 0.05) is 18.1 Å². The van der Waals surface area contributed by atoms with Gasteiger partial charge in [-0.25, -0.2) is 0 Å². The predicted octanol–water partition coefficient (Wildman–Crippen LogP) is 1.94. The maximum absolute atomic E-state index is 6.07. The average Bonchev–Trinajstić information content (AvgIpc) is 2.00. The van der Waals surface area contributed by atoms with Gasteiger partial charge in [0.1, 0.15) is 0 Å². The molecule has 0 amide bonds. The van der Waals surface area contributed by atoms with Gasteiger partial charge in [-0.3, -0.25) is 0 Å². The van der Waals surface area contributed by atoms with Crippen molar-refractivity contribution in [1.29, 1.82) is 0 Å². The Morgan fingerprint density at radius 1 is 1.29 bits per heavy atom. The third-order valence-corrected chi connectivity index (χ3v) is 2.52. The van der Waals surface area contributed by atoms with Crippen molar-refractivity contribution in [1.82, 2.24) is 5.32 Å². The van der Waals surface area contributed by atoms with Crippen molar-refractivity contribution >= 4 is 36.4 Å². The van der Waals surface area contributed by atoms with Crippen LogP contribution in [0.4, 0.5) is 0 Å². The minimum Gasteiger partial charge on any atom is -0.319 e. The Labute approximate surface area is 101 Å². The molecule has 0 aliphatic carbocycles. The first-order valence-corrected chi connectivity index (χ1v) is 4.34. The molecular weight excluding hydrogens is 242 g/mol. The van der Waals surface area contributed by atoms with Crippen molar-refractivity contribution in [2.75, 3.05) is 13.1 Å². The first-order valence-electron chi connectivity index (χ1n) is 3.96. The molecule has 1 aliphatic rings. The van der Waals surface area contributed by atoms with Crippen molar-refractivity contribution in [2.24, 2.45) is 5.73 Å². The standard InChI is InChI=1S/C9H11ClN2.2ClH/c10-8-3-1-2-7(4-8)9(11)5-12-6-9;;/h1-4,12H,5-6,11H2;2*1H. The van der Waals surface area contributed by atoms with Crippen LogP contribution < -0.4 is 11.1 Å². The lowest BCUT2D eigenvalue weighted by atomic mass is 9.85. The van der Waals surface area contributed by atoms with Crippen LogP contribution in [0.1, 0.15) is 5.56 Å². The zero-order chi connectivity index (χ0) is 8.60. The number of benzene rings is 1. The molecule has 1 aromatic carbocycles. The SMILES string of the molecule is Cl.Cl.NC1(c2cccc(Cl)c2)CNC1. The summed E-state index contributed by atoms with van der Waals surface area (Å²) in [6.45, 7) is 1.68. The number of halogens is 3. The molecular formula is C9H13Cl3N2. The molecule has 0 spiro atoms. The molecule has 0 atom stereocenters. The van der Waals surface area contributed by atoms with Gasteiger partial charge in [-0.05, 0) is 17.7 Å². The number of nitrogens with one attached hydrogen (secondary N) is 1. The second-order valence-electron chi connectivity index (χ2n) is 3.27. The molecule has 1 aromatic rings. The topological polar surface area (TPSA) is 38.0 Å². The summed E-state index contributed by atoms with van der Waals surface area (Å²) < 4.78 is 0. The van der Waals surface area contributed by atoms with Gasteiger partial charge in [0.2, 0.25) is 0 Å². The fraction of sp³-hybridized carbons (Fsp3) is 0.333. The lowest BCUT2D eigenvalue weighted by Crippen LogP contribution is -2.62. The highest BCUT2D eigenvalue weighted by Crippen LogP contribution is 2.24. The van der Waals surface area contributed by atoms with Crippen molar-refractivity contribution in [3.05, 3.63) is 34.9 Å². The van der Waals surface area contributed by atoms with E-state index in [2.05, 4.69) is 5.32 Å². The van der Waals surface area contributed by atoms with E-state index in [0.717, 1.165) is 23.7 Å². The smallest absolute Gasteiger partial charge is 0.0662 e. The summed E-state index contributed by atoms with van der Waals surface area (Å²) in [7, 11) is 0. The molecule has 0 radical (unpaired) electrons. The van der Waals surface area contributed by atoms with Gasteiger partial charge in [-0.2, -0.15) is 0 Å². The van der Waals surface area contributed by atoms with Crippen LogP contribution in [0.2, 0.25) is 5.02 Å². The molecule has 1 aliphatic heterocycles. The highest BCUT2D eigenvalue weighted by molar-refractivity contribution is 6.30. The minimum atomic E-state index is -0.190. The van der Waals surface area contributed by atoms with Gasteiger partial charge in [0.15, 0.2) is 0 Å². The lowest BCUT2D eigenvalue weighted by molar-refractivity contribution is 0.287. The van der Waals surface area contributed by atoms with Crippen LogP contribution in [0, 0.1) is 0 Å². The Morgan fingerprint density at radius 2 is 1.93 bits per heavy atom. The Balaban J connectivity index is 0.000000845. The third kappa shape index (κ3) is 2.53. The van der Waals surface area contributed by atoms with Gasteiger partial charge in [0.05, 0.1) is 5.54 Å². The molecule has 0 aromatic heterocycles. The molecule has 5 heteroatoms. The molecule has 2 rings (SSSR count). The molecule has 2 nitrogen and oxygen atoms in total. The lowest BCUT2D eigenvalue weighted by Gasteiger charge is -2.39. The van der Waals surface area contributed by atoms with E-state index in [1.165, 1.54) is 0 Å². The summed E-state index contributed by atoms with van der Waals surface area (Å²) in [5, 5.41) is 3.91. The molecule has 1 saturated heterocycles. The first kappa shape index (κ1) is 14.0. The monoisotopic (exact) mass is 254 g/mol. The van der Waals surface area contributed by atoms with E-state index >= 15 is 0 Å². The van der Waals surface area contributed by atoms with Crippen LogP contribution in [-0.4, -0.2) is 13.1 Å². The van der Waals surface area contributed by atoms with E-state index in [-0.39, 0.29) is 30.4 Å². The molecule has 0 saturated carbocycles. The van der Waals surface area contributed by atoms with Gasteiger partial charge in [-0.1, -0.05) is 23.7 Å². The summed E-state index contributed by atoms with van der Waals surface area (Å²) in [6, 6.07) is 7.75. The van der Waals surface area contributed by atoms with Gasteiger partial charge >= 0.3 is 0 Å². The van der Waals surface area contributed by atoms with Gasteiger partial charge < -0.3 is 11.1 Å². The first-order chi connectivity index (χ1) is 5.71. The third-order valence-electron chi connectivity index (χ3n) is 2.28. The molecule has 1 heterocycles. The molecule has 3 N–H and O–H groups in total. The molecule has 0 unspecified atom stereocenters. The molecule has 80 valence electrons. The summed E-state index contributed by atoms with van der Waals surface area (Å²) in [6.07, 6.45) is 0. The van der Waals surface area contributed by atoms with Crippen LogP contribution >= 0.6 is 36.4 Å². The van der Waals surface area contributed by atoms with E-state index in [9.17, 15) is 0 Å². The second kappa shape index (κ2) is 5.19. The molecule has 0 bridgehead atoms. The molecule has 1 fully saturated rings. The van der Waals surface area contributed by atoms with E-state index in [0.29, 0.717) is 0 Å². The van der Waals surface area contributed by atoms with Crippen molar-refractivity contribution in [2.45, 2.75) is 5.54 Å². The summed E-state index contributed by atoms with van der Waals surface area (Å²) >= 11 is 5.86. The van der Waals surface area contributed by atoms with Crippen LogP contribution in [0.3, 0.4) is 0 Å². The van der Waals surface area contributed by atoms with Gasteiger partial charge in [0.25, 0.3) is 0 Å². The molecule has 14 heavy (non-hydrogen) atoms. The Morgan fingerprint density at radius 3 is 2.36 bits per heavy atom. The second-order valence-corrected chi connectivity index (χ2v) is 3.71. The van der Waals surface area contributed by atoms with Crippen molar-refractivity contribution in [3.63, 3.8) is 0 Å². The zero-order valence-electron chi connectivity index (χ0n) is 7.50. The van der Waals surface area contributed by atoms with Gasteiger partial charge in [-0.15, -0.1) is 24.8 Å². The van der Waals surface area contributed by atoms with E-state index in [1.54, 1.807) is 0 Å². The summed E-state index contributed by atoms with van der Waals surface area (Å²) in [5.74, 6) is 0. The Bertz CT molecular complexity index is 300. The number of hydrogen-bond donors (Lipinski definition) is 2. The fourth-order valence-electron chi connectivity index (χ4n) is 1.40. The van der Waals surface area contributed by atoms with Crippen LogP contribution in [0.25, 0.3) is 0 Å². The minimum absolute atomic E-state index is 0. The maximum Gasteiger partial charge on any atom is 0.0662 e. The van der Waals surface area contributed by atoms with Crippen LogP contribution in [0.15, 0.2) is 24.3 Å². The van der Waals surface area contributed by atoms with E-state index < -0.39 is 0 Å². The normalized spacial score (nSPS) is 17.3. The fourth-order valence-corrected chi connectivity index (χ4v) is 1.59. The highest BCUT2D eigenvalue weighted by atomic mass is 35.5. The number of hydrogen-bond acceptors (Lipinski definition) is 2. The Hall–Kier alpha value is 0.01000. The average molecular weight is 256 g/mol. The maximum atomic E-state index is 6.07. The Kier molecular flexibility index (Phi) is 5.20.